The number of carbonyl (C=O) groups excluding carboxylic acids is 2. The first-order chi connectivity index (χ1) is 23.0. The molecule has 272 valence electrons. The fourth-order valence-electron chi connectivity index (χ4n) is 5.46. The molecule has 2 aliphatic rings. The second-order valence-electron chi connectivity index (χ2n) is 12.1. The quantitative estimate of drug-likeness (QED) is 0.0994. The lowest BCUT2D eigenvalue weighted by Crippen LogP contribution is -2.66. The van der Waals surface area contributed by atoms with E-state index in [9.17, 15) is 80.5 Å². The molecule has 0 bridgehead atoms. The highest BCUT2D eigenvalue weighted by molar-refractivity contribution is 6.02. The molecule has 0 saturated heterocycles. The summed E-state index contributed by atoms with van der Waals surface area (Å²) in [5.41, 5.74) is -9.87. The van der Waals surface area contributed by atoms with Crippen LogP contribution in [0.25, 0.3) is 12.2 Å². The summed E-state index contributed by atoms with van der Waals surface area (Å²) in [5.74, 6) is -7.28. The van der Waals surface area contributed by atoms with Crippen LogP contribution in [0.4, 0.5) is 0 Å². The molecule has 6 atom stereocenters. The second kappa shape index (κ2) is 14.5. The molecule has 0 radical (unpaired) electrons. The number of aliphatic hydroxyl groups excluding tert-OH is 4. The molecular weight excluding hydrogens is 672 g/mol. The summed E-state index contributed by atoms with van der Waals surface area (Å²) >= 11 is 0. The number of carbonyl (C=O) groups is 4. The average molecular weight is 709 g/mol. The molecule has 2 aromatic rings. The van der Waals surface area contributed by atoms with Crippen molar-refractivity contribution in [2.45, 2.75) is 72.5 Å². The van der Waals surface area contributed by atoms with E-state index in [1.165, 1.54) is 18.2 Å². The average Bonchev–Trinajstić information content (AvgIpc) is 3.03. The Morgan fingerprint density at radius 2 is 1.02 bits per heavy atom. The SMILES string of the molecule is O=C(O)C1(O)C[C@@H](O)C(O)(C(=O)/C=C/c2ccc(O)c(O)c2)[C@H](O)C1.O=C(O)C1(O)C[C@@H](O)C(O)[C@@](O)(C(=O)/C=C/c2ccc(O)c(O)c2)C1. The molecule has 0 spiro atoms. The van der Waals surface area contributed by atoms with Gasteiger partial charge in [-0.15, -0.1) is 0 Å². The van der Waals surface area contributed by atoms with Gasteiger partial charge in [0.2, 0.25) is 0 Å². The molecular formula is C32H36O18. The smallest absolute Gasteiger partial charge is 0.335 e. The molecule has 18 nitrogen and oxygen atoms in total. The number of ketones is 2. The van der Waals surface area contributed by atoms with E-state index < -0.39 is 108 Å². The van der Waals surface area contributed by atoms with E-state index >= 15 is 0 Å². The Morgan fingerprint density at radius 3 is 1.42 bits per heavy atom. The molecule has 0 aliphatic heterocycles. The van der Waals surface area contributed by atoms with E-state index in [4.69, 9.17) is 10.2 Å². The zero-order valence-corrected chi connectivity index (χ0v) is 25.8. The molecule has 50 heavy (non-hydrogen) atoms. The van der Waals surface area contributed by atoms with Crippen LogP contribution in [0, 0.1) is 0 Å². The van der Waals surface area contributed by atoms with Crippen LogP contribution in [0.5, 0.6) is 23.0 Å². The van der Waals surface area contributed by atoms with Crippen LogP contribution in [-0.2, 0) is 19.2 Å². The van der Waals surface area contributed by atoms with Crippen LogP contribution >= 0.6 is 0 Å². The van der Waals surface area contributed by atoms with Crippen molar-refractivity contribution in [3.05, 3.63) is 59.7 Å². The van der Waals surface area contributed by atoms with Gasteiger partial charge in [-0.2, -0.15) is 0 Å². The Kier molecular flexibility index (Phi) is 11.5. The molecule has 4 rings (SSSR count). The van der Waals surface area contributed by atoms with Crippen molar-refractivity contribution in [1.29, 1.82) is 0 Å². The number of carboxylic acid groups (broad SMARTS) is 2. The highest BCUT2D eigenvalue weighted by atomic mass is 16.4. The molecule has 18 heteroatoms. The first-order valence-corrected chi connectivity index (χ1v) is 14.6. The van der Waals surface area contributed by atoms with Gasteiger partial charge in [0.05, 0.1) is 18.3 Å². The molecule has 0 amide bonds. The van der Waals surface area contributed by atoms with Crippen molar-refractivity contribution in [1.82, 2.24) is 0 Å². The minimum Gasteiger partial charge on any atom is -0.504 e. The topological polar surface area (TPSA) is 352 Å². The number of aliphatic carboxylic acids is 2. The first-order valence-electron chi connectivity index (χ1n) is 14.6. The Morgan fingerprint density at radius 1 is 0.600 bits per heavy atom. The lowest BCUT2D eigenvalue weighted by atomic mass is 9.70. The molecule has 14 N–H and O–H groups in total. The van der Waals surface area contributed by atoms with Crippen LogP contribution in [-0.4, -0.2) is 142 Å². The summed E-state index contributed by atoms with van der Waals surface area (Å²) in [6, 6.07) is 7.31. The van der Waals surface area contributed by atoms with E-state index in [2.05, 4.69) is 0 Å². The van der Waals surface area contributed by atoms with Gasteiger partial charge in [0.15, 0.2) is 57.0 Å². The van der Waals surface area contributed by atoms with Crippen molar-refractivity contribution >= 4 is 35.7 Å². The Labute approximate surface area is 281 Å². The minimum atomic E-state index is -2.71. The molecule has 2 saturated carbocycles. The summed E-state index contributed by atoms with van der Waals surface area (Å²) < 4.78 is 0. The molecule has 2 fully saturated rings. The predicted octanol–water partition coefficient (Wildman–Crippen LogP) is -2.51. The molecule has 2 aromatic carbocycles. The first kappa shape index (κ1) is 39.5. The summed E-state index contributed by atoms with van der Waals surface area (Å²) in [6.07, 6.45) is -7.29. The monoisotopic (exact) mass is 708 g/mol. The molecule has 0 aromatic heterocycles. The summed E-state index contributed by atoms with van der Waals surface area (Å²) in [7, 11) is 0. The maximum Gasteiger partial charge on any atom is 0.335 e. The standard InChI is InChI=1S/2C16H18O9/c17-9-3-1-8(5-10(9)18)2-4-12(20)16(25)7-15(24,14(22)23)6-11(19)13(16)21;17-9-3-1-8(5-10(9)18)2-4-11(19)16(25)12(20)6-15(24,14(22)23)7-13(16)21/h1-5,11,13,17-19,21,24-25H,6-7H2,(H,22,23);1-5,12-13,17-18,20-21,24-25H,6-7H2,(H,22,23)/b2*4-2+/t11-,13?,15?,16+;12-,13-,15?,16?/m11/s1. The van der Waals surface area contributed by atoms with Crippen LogP contribution < -0.4 is 0 Å². The Hall–Kier alpha value is -4.92. The maximum absolute atomic E-state index is 12.3. The number of aromatic hydroxyl groups is 4. The van der Waals surface area contributed by atoms with Gasteiger partial charge in [-0.3, -0.25) is 9.59 Å². The van der Waals surface area contributed by atoms with Gasteiger partial charge in [0, 0.05) is 25.7 Å². The van der Waals surface area contributed by atoms with Crippen molar-refractivity contribution in [2.24, 2.45) is 0 Å². The van der Waals surface area contributed by atoms with Gasteiger partial charge >= 0.3 is 11.9 Å². The number of rotatable bonds is 8. The third kappa shape index (κ3) is 7.93. The van der Waals surface area contributed by atoms with E-state index in [0.29, 0.717) is 0 Å². The third-order valence-electron chi connectivity index (χ3n) is 8.51. The van der Waals surface area contributed by atoms with Gasteiger partial charge in [0.1, 0.15) is 6.10 Å². The highest BCUT2D eigenvalue weighted by Gasteiger charge is 2.60. The van der Waals surface area contributed by atoms with Gasteiger partial charge in [-0.25, -0.2) is 9.59 Å². The van der Waals surface area contributed by atoms with E-state index in [-0.39, 0.29) is 22.6 Å². The van der Waals surface area contributed by atoms with Crippen molar-refractivity contribution in [2.75, 3.05) is 0 Å². The van der Waals surface area contributed by atoms with Crippen LogP contribution in [0.3, 0.4) is 0 Å². The third-order valence-corrected chi connectivity index (χ3v) is 8.51. The van der Waals surface area contributed by atoms with E-state index in [1.807, 2.05) is 0 Å². The number of benzene rings is 2. The fraction of sp³-hybridized carbons (Fsp3) is 0.375. The number of phenolic OH excluding ortho intramolecular Hbond substituents is 4. The van der Waals surface area contributed by atoms with Gasteiger partial charge in [-0.05, 0) is 47.5 Å². The Bertz CT molecular complexity index is 1690. The van der Waals surface area contributed by atoms with Crippen molar-refractivity contribution in [3.63, 3.8) is 0 Å². The predicted molar refractivity (Wildman–Crippen MR) is 165 cm³/mol. The molecule has 2 unspecified atom stereocenters. The summed E-state index contributed by atoms with van der Waals surface area (Å²) in [6.45, 7) is 0. The fourth-order valence-corrected chi connectivity index (χ4v) is 5.46. The van der Waals surface area contributed by atoms with Crippen LogP contribution in [0.15, 0.2) is 48.6 Å². The van der Waals surface area contributed by atoms with Crippen LogP contribution in [0.1, 0.15) is 36.8 Å². The lowest BCUT2D eigenvalue weighted by molar-refractivity contribution is -0.215. The number of hydrogen-bond donors (Lipinski definition) is 14. The van der Waals surface area contributed by atoms with Crippen molar-refractivity contribution < 1.29 is 90.7 Å². The summed E-state index contributed by atoms with van der Waals surface area (Å²) in [4.78, 5) is 46.7. The molecule has 0 heterocycles. The number of phenols is 4. The maximum atomic E-state index is 12.3. The van der Waals surface area contributed by atoms with Crippen LogP contribution in [0.2, 0.25) is 0 Å². The lowest BCUT2D eigenvalue weighted by Gasteiger charge is -2.44. The Balaban J connectivity index is 0.000000270. The second-order valence-corrected chi connectivity index (χ2v) is 12.1. The van der Waals surface area contributed by atoms with Crippen molar-refractivity contribution in [3.8, 4) is 23.0 Å². The van der Waals surface area contributed by atoms with Gasteiger partial charge in [0.25, 0.3) is 0 Å². The number of hydrogen-bond acceptors (Lipinski definition) is 16. The van der Waals surface area contributed by atoms with E-state index in [1.54, 1.807) is 0 Å². The molecule has 2 aliphatic carbocycles. The van der Waals surface area contributed by atoms with Gasteiger partial charge < -0.3 is 71.5 Å². The van der Waals surface area contributed by atoms with Gasteiger partial charge in [-0.1, -0.05) is 24.3 Å². The zero-order chi connectivity index (χ0) is 38.0. The van der Waals surface area contributed by atoms with E-state index in [0.717, 1.165) is 42.5 Å². The minimum absolute atomic E-state index is 0.270. The zero-order valence-electron chi connectivity index (χ0n) is 25.8. The number of carboxylic acids is 2. The number of aliphatic hydroxyl groups is 8. The normalized spacial score (nSPS) is 32.6. The largest absolute Gasteiger partial charge is 0.504 e. The summed E-state index contributed by atoms with van der Waals surface area (Å²) in [5, 5.41) is 135. The highest BCUT2D eigenvalue weighted by Crippen LogP contribution is 2.39.